The van der Waals surface area contributed by atoms with Gasteiger partial charge in [-0.1, -0.05) is 194 Å². The number of benzene rings is 10. The molecule has 14 aromatic rings. The van der Waals surface area contributed by atoms with Gasteiger partial charge in [-0.15, -0.1) is 0 Å². The van der Waals surface area contributed by atoms with E-state index in [9.17, 15) is 0 Å². The van der Waals surface area contributed by atoms with Crippen LogP contribution in [0.2, 0.25) is 0 Å². The van der Waals surface area contributed by atoms with Crippen molar-refractivity contribution in [1.29, 1.82) is 0 Å². The Balaban J connectivity index is 1.05. The second kappa shape index (κ2) is 14.6. The molecular weight excluding hydrogens is 953 g/mol. The minimum atomic E-state index is -3.11. The van der Waals surface area contributed by atoms with Crippen LogP contribution in [0.1, 0.15) is 0 Å². The van der Waals surface area contributed by atoms with Crippen LogP contribution in [0.4, 0.5) is 0 Å². The summed E-state index contributed by atoms with van der Waals surface area (Å²) in [7, 11) is -6.23. The van der Waals surface area contributed by atoms with Gasteiger partial charge in [0.1, 0.15) is 0 Å². The summed E-state index contributed by atoms with van der Waals surface area (Å²) in [4.78, 5) is 10.6. The largest absolute Gasteiger partial charge is 0.309 e. The Morgan fingerprint density at radius 3 is 1.00 bits per heavy atom. The van der Waals surface area contributed by atoms with Crippen molar-refractivity contribution in [2.45, 2.75) is 0 Å². The molecule has 0 saturated heterocycles. The van der Waals surface area contributed by atoms with E-state index in [4.69, 9.17) is 9.97 Å². The molecule has 0 bridgehead atoms. The molecule has 0 N–H and O–H groups in total. The molecule has 0 unspecified atom stereocenters. The summed E-state index contributed by atoms with van der Waals surface area (Å²) in [6, 6.07) is 92.7. The van der Waals surface area contributed by atoms with E-state index in [1.54, 1.807) is 0 Å². The molecule has 2 spiro atoms. The molecule has 0 aliphatic carbocycles. The number of hydrogen-bond donors (Lipinski definition) is 0. The van der Waals surface area contributed by atoms with Gasteiger partial charge in [-0.2, -0.15) is 0 Å². The van der Waals surface area contributed by atoms with Crippen LogP contribution in [0, 0.1) is 0 Å². The van der Waals surface area contributed by atoms with Crippen LogP contribution in [-0.4, -0.2) is 35.2 Å². The summed E-state index contributed by atoms with van der Waals surface area (Å²) in [6.45, 7) is 0. The lowest BCUT2D eigenvalue weighted by Crippen LogP contribution is -2.75. The van der Waals surface area contributed by atoms with Gasteiger partial charge in [0, 0.05) is 45.1 Å². The predicted octanol–water partition coefficient (Wildman–Crippen LogP) is 11.0. The highest BCUT2D eigenvalue weighted by atomic mass is 28.3. The van der Waals surface area contributed by atoms with Crippen LogP contribution in [0.15, 0.2) is 255 Å². The molecule has 0 radical (unpaired) electrons. The lowest BCUT2D eigenvalue weighted by atomic mass is 9.95. The minimum Gasteiger partial charge on any atom is -0.309 e. The topological polar surface area (TPSA) is 35.6 Å². The summed E-state index contributed by atoms with van der Waals surface area (Å²) in [6.07, 6.45) is 3.92. The van der Waals surface area contributed by atoms with Crippen molar-refractivity contribution >= 4 is 101 Å². The third-order valence-electron chi connectivity index (χ3n) is 17.8. The molecule has 4 nitrogen and oxygen atoms in total. The first-order valence-electron chi connectivity index (χ1n) is 26.4. The molecule has 4 aliphatic rings. The molecule has 18 rings (SSSR count). The highest BCUT2D eigenvalue weighted by Gasteiger charge is 2.56. The molecule has 4 aromatic heterocycles. The van der Waals surface area contributed by atoms with Crippen LogP contribution in [0.25, 0.3) is 111 Å². The number of fused-ring (bicyclic) bond motifs is 24. The summed E-state index contributed by atoms with van der Waals surface area (Å²) in [5.74, 6) is 0. The number of pyridine rings is 2. The quantitative estimate of drug-likeness (QED) is 0.165. The molecule has 0 amide bonds. The van der Waals surface area contributed by atoms with Crippen molar-refractivity contribution in [2.24, 2.45) is 0 Å². The zero-order chi connectivity index (χ0) is 49.4. The van der Waals surface area contributed by atoms with Gasteiger partial charge in [-0.25, -0.2) is 0 Å². The Morgan fingerprint density at radius 1 is 0.263 bits per heavy atom. The molecule has 350 valence electrons. The lowest BCUT2D eigenvalue weighted by molar-refractivity contribution is 1.18. The predicted molar refractivity (Wildman–Crippen MR) is 319 cm³/mol. The molecular formula is C70H42N4Si2. The number of para-hydroxylation sites is 4. The second-order valence-electron chi connectivity index (χ2n) is 21.1. The average Bonchev–Trinajstić information content (AvgIpc) is 4.35. The monoisotopic (exact) mass is 994 g/mol. The van der Waals surface area contributed by atoms with Gasteiger partial charge in [-0.05, 0) is 123 Å². The first-order chi connectivity index (χ1) is 37.7. The van der Waals surface area contributed by atoms with E-state index in [2.05, 4.69) is 240 Å². The van der Waals surface area contributed by atoms with Crippen LogP contribution in [-0.2, 0) is 0 Å². The van der Waals surface area contributed by atoms with E-state index in [0.717, 1.165) is 22.5 Å². The Kier molecular flexibility index (Phi) is 7.89. The van der Waals surface area contributed by atoms with Crippen molar-refractivity contribution in [3.8, 4) is 67.3 Å². The maximum Gasteiger partial charge on any atom is 0.185 e. The van der Waals surface area contributed by atoms with Crippen molar-refractivity contribution < 1.29 is 0 Å². The van der Waals surface area contributed by atoms with Crippen molar-refractivity contribution in [3.63, 3.8) is 0 Å². The number of nitrogens with zero attached hydrogens (tertiary/aromatic N) is 4. The van der Waals surface area contributed by atoms with E-state index in [-0.39, 0.29) is 0 Å². The van der Waals surface area contributed by atoms with Gasteiger partial charge in [0.2, 0.25) is 0 Å². The van der Waals surface area contributed by atoms with Crippen LogP contribution in [0.5, 0.6) is 0 Å². The molecule has 0 saturated carbocycles. The number of hydrogen-bond acceptors (Lipinski definition) is 2. The maximum atomic E-state index is 5.29. The normalized spacial score (nSPS) is 14.3. The Hall–Kier alpha value is -9.47. The van der Waals surface area contributed by atoms with E-state index in [0.29, 0.717) is 0 Å². The fourth-order valence-corrected chi connectivity index (χ4v) is 26.3. The molecule has 0 fully saturated rings. The van der Waals surface area contributed by atoms with Crippen LogP contribution >= 0.6 is 0 Å². The van der Waals surface area contributed by atoms with Gasteiger partial charge in [0.25, 0.3) is 0 Å². The maximum absolute atomic E-state index is 5.29. The van der Waals surface area contributed by atoms with Gasteiger partial charge < -0.3 is 9.13 Å². The summed E-state index contributed by atoms with van der Waals surface area (Å²) in [5.41, 5.74) is 19.3. The SMILES string of the molecule is c1ccc(-c2cc(-c3cc(-c4ccccn4)c4c(c3)[Si]3(c5ccccc5-c5ccccc53)c3cccc5c6ccccc6n-4c35)cc3c2-n2c4ccccc4c4cccc(c42)[Si]32c3ccccc3-c3ccccc32)nc1. The van der Waals surface area contributed by atoms with Crippen molar-refractivity contribution in [3.05, 3.63) is 255 Å². The highest BCUT2D eigenvalue weighted by molar-refractivity contribution is 7.24. The molecule has 8 heterocycles. The zero-order valence-electron chi connectivity index (χ0n) is 41.0. The number of aromatic nitrogens is 4. The smallest absolute Gasteiger partial charge is 0.185 e. The zero-order valence-corrected chi connectivity index (χ0v) is 43.0. The Labute approximate surface area is 440 Å². The van der Waals surface area contributed by atoms with Crippen molar-refractivity contribution in [2.75, 3.05) is 0 Å². The van der Waals surface area contributed by atoms with E-state index in [1.165, 1.54) is 130 Å². The standard InChI is InChI=1S/C70H42N4Si2/c1-7-29-57-45(19-1)51-25-17-35-63-67(51)73(57)69-53(55-27-13-15-37-71-55)39-43(41-65(69)75(63)59-31-9-3-21-47(59)48-22-4-10-32-60(48)75)44-40-54(56-28-14-16-38-72-56)70-66(42-44)76(61-33-11-5-23-49(61)50-24-6-12-34-62(50)76)64-36-18-26-52-46-20-2-8-30-58(46)74(70)68(52)64/h1-42H. The molecule has 10 aromatic carbocycles. The summed E-state index contributed by atoms with van der Waals surface area (Å²) >= 11 is 0. The average molecular weight is 995 g/mol. The molecule has 0 atom stereocenters. The summed E-state index contributed by atoms with van der Waals surface area (Å²) < 4.78 is 5.23. The lowest BCUT2D eigenvalue weighted by Gasteiger charge is -2.40. The highest BCUT2D eigenvalue weighted by Crippen LogP contribution is 2.46. The van der Waals surface area contributed by atoms with E-state index in [1.807, 2.05) is 24.5 Å². The van der Waals surface area contributed by atoms with Crippen LogP contribution in [0.3, 0.4) is 0 Å². The Bertz CT molecular complexity index is 4490. The number of rotatable bonds is 3. The first kappa shape index (κ1) is 40.9. The third-order valence-corrected chi connectivity index (χ3v) is 27.6. The van der Waals surface area contributed by atoms with E-state index < -0.39 is 16.1 Å². The molecule has 6 heteroatoms. The van der Waals surface area contributed by atoms with Crippen molar-refractivity contribution in [1.82, 2.24) is 19.1 Å². The first-order valence-corrected chi connectivity index (χ1v) is 30.4. The second-order valence-corrected chi connectivity index (χ2v) is 28.4. The van der Waals surface area contributed by atoms with Crippen LogP contribution < -0.4 is 41.5 Å². The van der Waals surface area contributed by atoms with Gasteiger partial charge >= 0.3 is 0 Å². The Morgan fingerprint density at radius 2 is 0.605 bits per heavy atom. The fraction of sp³-hybridized carbons (Fsp3) is 0. The minimum absolute atomic E-state index is 0.956. The van der Waals surface area contributed by atoms with Gasteiger partial charge in [0.05, 0.1) is 44.8 Å². The van der Waals surface area contributed by atoms with Gasteiger partial charge in [0.15, 0.2) is 16.1 Å². The summed E-state index contributed by atoms with van der Waals surface area (Å²) in [5, 5.41) is 16.5. The third kappa shape index (κ3) is 4.82. The van der Waals surface area contributed by atoms with E-state index >= 15 is 0 Å². The molecule has 4 aliphatic heterocycles. The van der Waals surface area contributed by atoms with Gasteiger partial charge in [-0.3, -0.25) is 9.97 Å². The fourth-order valence-electron chi connectivity index (χ4n) is 15.1. The molecule has 76 heavy (non-hydrogen) atoms.